The fourth-order valence-corrected chi connectivity index (χ4v) is 4.06. The van der Waals surface area contributed by atoms with Crippen molar-refractivity contribution in [1.82, 2.24) is 19.1 Å². The van der Waals surface area contributed by atoms with Gasteiger partial charge < -0.3 is 19.7 Å². The molecule has 166 valence electrons. The third-order valence-corrected chi connectivity index (χ3v) is 5.85. The van der Waals surface area contributed by atoms with Crippen LogP contribution in [0.1, 0.15) is 32.1 Å². The van der Waals surface area contributed by atoms with Crippen LogP contribution in [0.2, 0.25) is 5.02 Å². The summed E-state index contributed by atoms with van der Waals surface area (Å²) in [6.07, 6.45) is 4.60. The van der Waals surface area contributed by atoms with Crippen molar-refractivity contribution in [2.24, 2.45) is 7.05 Å². The van der Waals surface area contributed by atoms with E-state index in [0.29, 0.717) is 16.7 Å². The van der Waals surface area contributed by atoms with Crippen LogP contribution in [0.3, 0.4) is 0 Å². The minimum atomic E-state index is -0.906. The minimum Gasteiger partial charge on any atom is -0.491 e. The first-order chi connectivity index (χ1) is 14.9. The van der Waals surface area contributed by atoms with Gasteiger partial charge in [-0.3, -0.25) is 14.3 Å². The SMILES string of the molecule is Cn1c(=O)[nH]c(=O)c2c1nc(NC1CCCCC1)n2C[C@H](O)COc1ccc(Cl)cc1. The summed E-state index contributed by atoms with van der Waals surface area (Å²) in [4.78, 5) is 31.5. The number of benzene rings is 1. The summed E-state index contributed by atoms with van der Waals surface area (Å²) in [6, 6.07) is 7.09. The lowest BCUT2D eigenvalue weighted by molar-refractivity contribution is 0.0938. The second kappa shape index (κ2) is 9.15. The van der Waals surface area contributed by atoms with Crippen molar-refractivity contribution in [2.75, 3.05) is 11.9 Å². The third kappa shape index (κ3) is 4.77. The van der Waals surface area contributed by atoms with Crippen molar-refractivity contribution < 1.29 is 9.84 Å². The van der Waals surface area contributed by atoms with Gasteiger partial charge in [0.25, 0.3) is 5.56 Å². The van der Waals surface area contributed by atoms with Gasteiger partial charge >= 0.3 is 5.69 Å². The molecule has 2 aromatic heterocycles. The normalized spacial score (nSPS) is 15.8. The number of ether oxygens (including phenoxy) is 1. The van der Waals surface area contributed by atoms with Crippen LogP contribution in [-0.2, 0) is 13.6 Å². The molecule has 31 heavy (non-hydrogen) atoms. The molecule has 0 bridgehead atoms. The molecule has 1 aromatic carbocycles. The van der Waals surface area contributed by atoms with Gasteiger partial charge in [0.2, 0.25) is 5.95 Å². The Kier molecular flexibility index (Phi) is 6.33. The van der Waals surface area contributed by atoms with Crippen LogP contribution in [0.15, 0.2) is 33.9 Å². The number of nitrogens with zero attached hydrogens (tertiary/aromatic N) is 3. The van der Waals surface area contributed by atoms with Gasteiger partial charge in [-0.15, -0.1) is 0 Å². The Labute approximate surface area is 183 Å². The molecule has 9 nitrogen and oxygen atoms in total. The van der Waals surface area contributed by atoms with Crippen LogP contribution in [0, 0.1) is 0 Å². The van der Waals surface area contributed by atoms with Gasteiger partial charge in [-0.25, -0.2) is 4.79 Å². The Morgan fingerprint density at radius 1 is 1.26 bits per heavy atom. The molecular formula is C21H26ClN5O4. The van der Waals surface area contributed by atoms with E-state index in [1.165, 1.54) is 11.0 Å². The highest BCUT2D eigenvalue weighted by Gasteiger charge is 2.22. The number of imidazole rings is 1. The largest absolute Gasteiger partial charge is 0.491 e. The number of nitrogens with one attached hydrogen (secondary N) is 2. The van der Waals surface area contributed by atoms with E-state index in [1.807, 2.05) is 0 Å². The van der Waals surface area contributed by atoms with Crippen molar-refractivity contribution in [2.45, 2.75) is 50.8 Å². The molecule has 1 saturated carbocycles. The van der Waals surface area contributed by atoms with Crippen LogP contribution >= 0.6 is 11.6 Å². The zero-order valence-corrected chi connectivity index (χ0v) is 18.1. The lowest BCUT2D eigenvalue weighted by atomic mass is 9.96. The maximum Gasteiger partial charge on any atom is 0.329 e. The first-order valence-corrected chi connectivity index (χ1v) is 10.8. The summed E-state index contributed by atoms with van der Waals surface area (Å²) < 4.78 is 8.58. The van der Waals surface area contributed by atoms with E-state index in [1.54, 1.807) is 35.9 Å². The predicted molar refractivity (Wildman–Crippen MR) is 119 cm³/mol. The number of hydrogen-bond donors (Lipinski definition) is 3. The quantitative estimate of drug-likeness (QED) is 0.512. The standard InChI is InChI=1S/C21H26ClN5O4/c1-26-18-17(19(29)25-21(26)30)27(20(24-18)23-14-5-3-2-4-6-14)11-15(28)12-31-16-9-7-13(22)8-10-16/h7-10,14-15,28H,2-6,11-12H2,1H3,(H,23,24)(H,25,29,30)/t15-/m0/s1. The van der Waals surface area contributed by atoms with Crippen LogP contribution in [0.25, 0.3) is 11.2 Å². The Hall–Kier alpha value is -2.78. The van der Waals surface area contributed by atoms with E-state index in [-0.39, 0.29) is 30.4 Å². The highest BCUT2D eigenvalue weighted by atomic mass is 35.5. The number of H-pyrrole nitrogens is 1. The number of fused-ring (bicyclic) bond motifs is 1. The number of aryl methyl sites for hydroxylation is 1. The zero-order chi connectivity index (χ0) is 22.0. The second-order valence-corrected chi connectivity index (χ2v) is 8.37. The van der Waals surface area contributed by atoms with Gasteiger partial charge in [0.15, 0.2) is 11.2 Å². The van der Waals surface area contributed by atoms with Gasteiger partial charge in [0.05, 0.1) is 6.54 Å². The van der Waals surface area contributed by atoms with E-state index >= 15 is 0 Å². The highest BCUT2D eigenvalue weighted by molar-refractivity contribution is 6.30. The van der Waals surface area contributed by atoms with E-state index in [2.05, 4.69) is 15.3 Å². The van der Waals surface area contributed by atoms with Crippen molar-refractivity contribution in [3.8, 4) is 5.75 Å². The van der Waals surface area contributed by atoms with Crippen molar-refractivity contribution >= 4 is 28.7 Å². The van der Waals surface area contributed by atoms with E-state index in [9.17, 15) is 14.7 Å². The average Bonchev–Trinajstić information content (AvgIpc) is 3.11. The molecule has 3 aromatic rings. The summed E-state index contributed by atoms with van der Waals surface area (Å²) in [5.41, 5.74) is -0.546. The number of anilines is 1. The molecule has 0 radical (unpaired) electrons. The Morgan fingerprint density at radius 3 is 2.68 bits per heavy atom. The Bertz CT molecular complexity index is 1160. The number of aromatic nitrogens is 4. The monoisotopic (exact) mass is 447 g/mol. The van der Waals surface area contributed by atoms with Crippen molar-refractivity contribution in [3.05, 3.63) is 50.1 Å². The number of rotatable bonds is 7. The summed E-state index contributed by atoms with van der Waals surface area (Å²) in [5, 5.41) is 14.6. The predicted octanol–water partition coefficient (Wildman–Crippen LogP) is 2.26. The van der Waals surface area contributed by atoms with Crippen molar-refractivity contribution in [1.29, 1.82) is 0 Å². The highest BCUT2D eigenvalue weighted by Crippen LogP contribution is 2.23. The Balaban J connectivity index is 1.61. The average molecular weight is 448 g/mol. The molecule has 1 atom stereocenters. The Morgan fingerprint density at radius 2 is 1.97 bits per heavy atom. The number of aliphatic hydroxyl groups is 1. The van der Waals surface area contributed by atoms with Crippen LogP contribution in [-0.4, -0.2) is 43.0 Å². The molecule has 1 aliphatic rings. The lowest BCUT2D eigenvalue weighted by Crippen LogP contribution is -2.31. The van der Waals surface area contributed by atoms with Gasteiger partial charge in [-0.1, -0.05) is 30.9 Å². The molecule has 0 amide bonds. The van der Waals surface area contributed by atoms with Crippen LogP contribution in [0.4, 0.5) is 5.95 Å². The van der Waals surface area contributed by atoms with Gasteiger partial charge in [-0.05, 0) is 37.1 Å². The maximum absolute atomic E-state index is 12.6. The number of aromatic amines is 1. The third-order valence-electron chi connectivity index (χ3n) is 5.59. The van der Waals surface area contributed by atoms with E-state index < -0.39 is 17.4 Å². The van der Waals surface area contributed by atoms with Crippen LogP contribution < -0.4 is 21.3 Å². The molecule has 0 spiro atoms. The molecule has 10 heteroatoms. The van der Waals surface area contributed by atoms with Crippen LogP contribution in [0.5, 0.6) is 5.75 Å². The van der Waals surface area contributed by atoms with Crippen molar-refractivity contribution in [3.63, 3.8) is 0 Å². The molecule has 0 aliphatic heterocycles. The molecule has 0 unspecified atom stereocenters. The second-order valence-electron chi connectivity index (χ2n) is 7.93. The molecule has 3 N–H and O–H groups in total. The molecule has 0 saturated heterocycles. The minimum absolute atomic E-state index is 0.0217. The number of aliphatic hydroxyl groups excluding tert-OH is 1. The zero-order valence-electron chi connectivity index (χ0n) is 17.3. The first-order valence-electron chi connectivity index (χ1n) is 10.4. The fraction of sp³-hybridized carbons (Fsp3) is 0.476. The van der Waals surface area contributed by atoms with E-state index in [4.69, 9.17) is 16.3 Å². The maximum atomic E-state index is 12.6. The summed E-state index contributed by atoms with van der Waals surface area (Å²) in [6.45, 7) is 0.105. The smallest absolute Gasteiger partial charge is 0.329 e. The fourth-order valence-electron chi connectivity index (χ4n) is 3.94. The summed E-state index contributed by atoms with van der Waals surface area (Å²) >= 11 is 5.88. The molecule has 1 fully saturated rings. The first kappa shape index (κ1) is 21.5. The number of halogens is 1. The summed E-state index contributed by atoms with van der Waals surface area (Å²) in [5.74, 6) is 1.05. The topological polar surface area (TPSA) is 114 Å². The molecule has 2 heterocycles. The molecular weight excluding hydrogens is 422 g/mol. The summed E-state index contributed by atoms with van der Waals surface area (Å²) in [7, 11) is 1.56. The van der Waals surface area contributed by atoms with Gasteiger partial charge in [0, 0.05) is 18.1 Å². The van der Waals surface area contributed by atoms with Gasteiger partial charge in [0.1, 0.15) is 18.5 Å². The van der Waals surface area contributed by atoms with E-state index in [0.717, 1.165) is 25.7 Å². The van der Waals surface area contributed by atoms with Gasteiger partial charge in [-0.2, -0.15) is 4.98 Å². The number of hydrogen-bond acceptors (Lipinski definition) is 6. The molecule has 4 rings (SSSR count). The molecule has 1 aliphatic carbocycles. The lowest BCUT2D eigenvalue weighted by Gasteiger charge is -2.24.